The van der Waals surface area contributed by atoms with Gasteiger partial charge in [-0.15, -0.1) is 11.3 Å². The molecule has 1 amide bonds. The third-order valence-corrected chi connectivity index (χ3v) is 6.30. The molecule has 0 spiro atoms. The summed E-state index contributed by atoms with van der Waals surface area (Å²) in [6.45, 7) is 1.64. The van der Waals surface area contributed by atoms with E-state index in [1.807, 2.05) is 6.07 Å². The summed E-state index contributed by atoms with van der Waals surface area (Å²) in [7, 11) is 0. The Balaban J connectivity index is 1.70. The number of rotatable bonds is 5. The van der Waals surface area contributed by atoms with Crippen molar-refractivity contribution in [3.63, 3.8) is 0 Å². The predicted octanol–water partition coefficient (Wildman–Crippen LogP) is 4.50. The first kappa shape index (κ1) is 20.8. The fraction of sp³-hybridized carbons (Fsp3) is 0.0909. The van der Waals surface area contributed by atoms with E-state index in [0.29, 0.717) is 32.7 Å². The van der Waals surface area contributed by atoms with Gasteiger partial charge in [0.15, 0.2) is 5.16 Å². The lowest BCUT2D eigenvalue weighted by Gasteiger charge is -2.13. The summed E-state index contributed by atoms with van der Waals surface area (Å²) in [5.41, 5.74) is 1.33. The Bertz CT molecular complexity index is 1400. The highest BCUT2D eigenvalue weighted by molar-refractivity contribution is 7.99. The molecule has 0 atom stereocenters. The first-order valence-corrected chi connectivity index (χ1v) is 11.0. The average Bonchev–Trinajstić information content (AvgIpc) is 3.21. The van der Waals surface area contributed by atoms with Crippen LogP contribution >= 0.6 is 23.1 Å². The number of para-hydroxylation sites is 1. The molecule has 0 saturated heterocycles. The largest absolute Gasteiger partial charge is 0.316 e. The third-order valence-electron chi connectivity index (χ3n) is 4.53. The van der Waals surface area contributed by atoms with Gasteiger partial charge in [0, 0.05) is 0 Å². The molecule has 0 aliphatic rings. The lowest BCUT2D eigenvalue weighted by atomic mass is 10.2. The number of benzene rings is 2. The van der Waals surface area contributed by atoms with Crippen molar-refractivity contribution < 1.29 is 9.18 Å². The van der Waals surface area contributed by atoms with Crippen molar-refractivity contribution in [2.75, 3.05) is 11.1 Å². The van der Waals surface area contributed by atoms with Crippen LogP contribution in [0.3, 0.4) is 0 Å². The normalized spacial score (nSPS) is 10.7. The Morgan fingerprint density at radius 3 is 2.87 bits per heavy atom. The first-order chi connectivity index (χ1) is 15.0. The predicted molar refractivity (Wildman–Crippen MR) is 120 cm³/mol. The number of hydrogen-bond acceptors (Lipinski definition) is 6. The smallest absolute Gasteiger partial charge is 0.266 e. The topological polar surface area (TPSA) is 87.8 Å². The minimum atomic E-state index is -0.437. The second-order valence-corrected chi connectivity index (χ2v) is 8.46. The second-order valence-electron chi connectivity index (χ2n) is 6.60. The molecule has 2 aromatic carbocycles. The number of carbonyl (C=O) groups is 1. The maximum Gasteiger partial charge on any atom is 0.266 e. The highest BCUT2D eigenvalue weighted by Gasteiger charge is 2.16. The molecule has 31 heavy (non-hydrogen) atoms. The van der Waals surface area contributed by atoms with Crippen molar-refractivity contribution >= 4 is 44.9 Å². The molecule has 0 bridgehead atoms. The molecule has 0 aliphatic heterocycles. The average molecular weight is 451 g/mol. The second kappa shape index (κ2) is 8.71. The number of nitrogens with zero attached hydrogens (tertiary/aromatic N) is 3. The van der Waals surface area contributed by atoms with Crippen LogP contribution in [0, 0.1) is 24.1 Å². The van der Waals surface area contributed by atoms with Crippen LogP contribution < -0.4 is 10.9 Å². The molecule has 4 aromatic rings. The summed E-state index contributed by atoms with van der Waals surface area (Å²) >= 11 is 2.32. The van der Waals surface area contributed by atoms with Gasteiger partial charge in [-0.05, 0) is 48.2 Å². The Kier molecular flexibility index (Phi) is 5.84. The molecule has 0 aliphatic carbocycles. The van der Waals surface area contributed by atoms with Crippen LogP contribution in [0.15, 0.2) is 63.9 Å². The number of hydrogen-bond donors (Lipinski definition) is 1. The van der Waals surface area contributed by atoms with Gasteiger partial charge in [0.05, 0.1) is 27.9 Å². The molecule has 0 unspecified atom stereocenters. The van der Waals surface area contributed by atoms with Gasteiger partial charge in [-0.1, -0.05) is 30.0 Å². The van der Waals surface area contributed by atoms with E-state index < -0.39 is 5.82 Å². The summed E-state index contributed by atoms with van der Waals surface area (Å²) in [4.78, 5) is 30.2. The van der Waals surface area contributed by atoms with Crippen molar-refractivity contribution in [1.29, 1.82) is 5.26 Å². The molecule has 2 aromatic heterocycles. The number of halogens is 1. The molecular formula is C22H15FN4O2S2. The standard InChI is InChI=1S/C22H15FN4O2S2/c1-13-6-7-15(10-17(13)23)27-21(29)16-4-2-3-5-18(16)25-22(27)31-12-19(28)26-20-14(11-24)8-9-30-20/h2-10H,12H2,1H3,(H,26,28). The SMILES string of the molecule is Cc1ccc(-n2c(SCC(=O)Nc3sccc3C#N)nc3ccccc3c2=O)cc1F. The summed E-state index contributed by atoms with van der Waals surface area (Å²) in [5.74, 6) is -0.817. The van der Waals surface area contributed by atoms with Crippen LogP contribution in [0.2, 0.25) is 0 Å². The van der Waals surface area contributed by atoms with Crippen LogP contribution in [0.4, 0.5) is 9.39 Å². The van der Waals surface area contributed by atoms with E-state index >= 15 is 0 Å². The molecule has 4 rings (SSSR count). The third kappa shape index (κ3) is 4.21. The summed E-state index contributed by atoms with van der Waals surface area (Å²) < 4.78 is 15.5. The number of thioether (sulfide) groups is 1. The Morgan fingerprint density at radius 2 is 2.10 bits per heavy atom. The fourth-order valence-corrected chi connectivity index (χ4v) is 4.51. The van der Waals surface area contributed by atoms with Gasteiger partial charge >= 0.3 is 0 Å². The van der Waals surface area contributed by atoms with E-state index in [4.69, 9.17) is 5.26 Å². The number of thiophene rings is 1. The number of anilines is 1. The molecule has 0 radical (unpaired) electrons. The minimum Gasteiger partial charge on any atom is -0.316 e. The van der Waals surface area contributed by atoms with Gasteiger partial charge in [-0.3, -0.25) is 14.2 Å². The van der Waals surface area contributed by atoms with Crippen molar-refractivity contribution in [2.24, 2.45) is 0 Å². The van der Waals surface area contributed by atoms with Gasteiger partial charge in [0.1, 0.15) is 16.9 Å². The van der Waals surface area contributed by atoms with Crippen molar-refractivity contribution in [2.45, 2.75) is 12.1 Å². The van der Waals surface area contributed by atoms with Crippen molar-refractivity contribution in [3.05, 3.63) is 81.2 Å². The number of amides is 1. The maximum atomic E-state index is 14.2. The quantitative estimate of drug-likeness (QED) is 0.357. The molecule has 154 valence electrons. The minimum absolute atomic E-state index is 0.0398. The highest BCUT2D eigenvalue weighted by atomic mass is 32.2. The molecule has 2 heterocycles. The van der Waals surface area contributed by atoms with E-state index in [0.717, 1.165) is 11.8 Å². The number of fused-ring (bicyclic) bond motifs is 1. The Labute approximate surface area is 185 Å². The van der Waals surface area contributed by atoms with Gasteiger partial charge in [0.2, 0.25) is 5.91 Å². The first-order valence-electron chi connectivity index (χ1n) is 9.16. The number of carbonyl (C=O) groups excluding carboxylic acids is 1. The van der Waals surface area contributed by atoms with E-state index in [-0.39, 0.29) is 22.4 Å². The van der Waals surface area contributed by atoms with Crippen LogP contribution in [0.25, 0.3) is 16.6 Å². The van der Waals surface area contributed by atoms with Crippen LogP contribution in [-0.2, 0) is 4.79 Å². The molecule has 0 saturated carbocycles. The molecule has 0 fully saturated rings. The number of nitrogens with one attached hydrogen (secondary N) is 1. The lowest BCUT2D eigenvalue weighted by Crippen LogP contribution is -2.23. The van der Waals surface area contributed by atoms with E-state index in [9.17, 15) is 14.0 Å². The van der Waals surface area contributed by atoms with Crippen LogP contribution in [0.5, 0.6) is 0 Å². The summed E-state index contributed by atoms with van der Waals surface area (Å²) in [5, 5.41) is 14.6. The molecular weight excluding hydrogens is 435 g/mol. The van der Waals surface area contributed by atoms with Crippen molar-refractivity contribution in [1.82, 2.24) is 9.55 Å². The zero-order valence-electron chi connectivity index (χ0n) is 16.3. The van der Waals surface area contributed by atoms with Crippen LogP contribution in [-0.4, -0.2) is 21.2 Å². The van der Waals surface area contributed by atoms with Crippen LogP contribution in [0.1, 0.15) is 11.1 Å². The highest BCUT2D eigenvalue weighted by Crippen LogP contribution is 2.25. The monoisotopic (exact) mass is 450 g/mol. The zero-order chi connectivity index (χ0) is 22.0. The Hall–Kier alpha value is -3.48. The lowest BCUT2D eigenvalue weighted by molar-refractivity contribution is -0.113. The number of nitriles is 1. The van der Waals surface area contributed by atoms with Gasteiger partial charge in [-0.25, -0.2) is 9.37 Å². The summed E-state index contributed by atoms with van der Waals surface area (Å²) in [6, 6.07) is 15.0. The summed E-state index contributed by atoms with van der Waals surface area (Å²) in [6.07, 6.45) is 0. The Morgan fingerprint density at radius 1 is 1.29 bits per heavy atom. The fourth-order valence-electron chi connectivity index (χ4n) is 2.94. The molecule has 1 N–H and O–H groups in total. The number of aromatic nitrogens is 2. The van der Waals surface area contributed by atoms with E-state index in [2.05, 4.69) is 10.3 Å². The van der Waals surface area contributed by atoms with Gasteiger partial charge < -0.3 is 5.32 Å². The van der Waals surface area contributed by atoms with E-state index in [1.165, 1.54) is 22.0 Å². The van der Waals surface area contributed by atoms with Gasteiger partial charge in [-0.2, -0.15) is 5.26 Å². The molecule has 6 nitrogen and oxygen atoms in total. The van der Waals surface area contributed by atoms with E-state index in [1.54, 1.807) is 54.8 Å². The maximum absolute atomic E-state index is 14.2. The number of aryl methyl sites for hydroxylation is 1. The zero-order valence-corrected chi connectivity index (χ0v) is 17.9. The van der Waals surface area contributed by atoms with Gasteiger partial charge in [0.25, 0.3) is 5.56 Å². The van der Waals surface area contributed by atoms with Crippen molar-refractivity contribution in [3.8, 4) is 11.8 Å². The molecule has 9 heteroatoms.